The van der Waals surface area contributed by atoms with Crippen LogP contribution in [0, 0.1) is 6.92 Å². The predicted molar refractivity (Wildman–Crippen MR) is 90.1 cm³/mol. The summed E-state index contributed by atoms with van der Waals surface area (Å²) >= 11 is 0. The van der Waals surface area contributed by atoms with Crippen LogP contribution in [0.15, 0.2) is 52.1 Å². The van der Waals surface area contributed by atoms with Gasteiger partial charge in [-0.15, -0.1) is 0 Å². The molecule has 0 fully saturated rings. The molecule has 0 radical (unpaired) electrons. The quantitative estimate of drug-likeness (QED) is 0.729. The van der Waals surface area contributed by atoms with Gasteiger partial charge in [0.25, 0.3) is 5.56 Å². The van der Waals surface area contributed by atoms with Gasteiger partial charge in [0.05, 0.1) is 6.54 Å². The number of Topliss-reactive ketones (excluding diaryl/α,β-unsaturated/α-hetero) is 1. The van der Waals surface area contributed by atoms with E-state index in [2.05, 4.69) is 25.2 Å². The van der Waals surface area contributed by atoms with Crippen LogP contribution in [0.4, 0.5) is 5.82 Å². The fraction of sp³-hybridized carbons (Fsp3) is 0.235. The molecule has 8 heteroatoms. The second-order valence-electron chi connectivity index (χ2n) is 5.56. The second kappa shape index (κ2) is 7.08. The summed E-state index contributed by atoms with van der Waals surface area (Å²) in [5.74, 6) is -0.00548. The number of hydrogen-bond donors (Lipinski definition) is 1. The first-order valence-corrected chi connectivity index (χ1v) is 7.72. The zero-order valence-corrected chi connectivity index (χ0v) is 13.8. The molecule has 1 unspecified atom stereocenters. The van der Waals surface area contributed by atoms with Gasteiger partial charge in [-0.2, -0.15) is 0 Å². The fourth-order valence-corrected chi connectivity index (χ4v) is 2.55. The van der Waals surface area contributed by atoms with Crippen molar-refractivity contribution in [3.8, 4) is 0 Å². The van der Waals surface area contributed by atoms with Crippen LogP contribution < -0.4 is 10.9 Å². The van der Waals surface area contributed by atoms with Gasteiger partial charge in [0.15, 0.2) is 11.6 Å². The summed E-state index contributed by atoms with van der Waals surface area (Å²) in [4.78, 5) is 29.0. The topological polar surface area (TPSA) is 103 Å². The Kier molecular flexibility index (Phi) is 4.69. The van der Waals surface area contributed by atoms with Crippen molar-refractivity contribution >= 4 is 11.6 Å². The highest BCUT2D eigenvalue weighted by Crippen LogP contribution is 2.18. The molecule has 25 heavy (non-hydrogen) atoms. The van der Waals surface area contributed by atoms with Gasteiger partial charge in [0.2, 0.25) is 0 Å². The fourth-order valence-electron chi connectivity index (χ4n) is 2.55. The second-order valence-corrected chi connectivity index (χ2v) is 5.56. The maximum Gasteiger partial charge on any atom is 0.294 e. The first-order chi connectivity index (χ1) is 12.1. The predicted octanol–water partition coefficient (Wildman–Crippen LogP) is 1.73. The van der Waals surface area contributed by atoms with Crippen LogP contribution in [0.2, 0.25) is 0 Å². The molecule has 2 heterocycles. The summed E-state index contributed by atoms with van der Waals surface area (Å²) in [5.41, 5.74) is 1.57. The molecule has 0 spiro atoms. The van der Waals surface area contributed by atoms with E-state index in [4.69, 9.17) is 0 Å². The van der Waals surface area contributed by atoms with Crippen molar-refractivity contribution in [3.63, 3.8) is 0 Å². The highest BCUT2D eigenvalue weighted by Gasteiger charge is 2.21. The zero-order valence-electron chi connectivity index (χ0n) is 13.8. The number of nitrogens with zero attached hydrogens (tertiary/aromatic N) is 4. The molecule has 0 bridgehead atoms. The standard InChI is InChI=1S/C17H17N5O3/c1-11-14(21-25-20-11)10-19-16-17(24)22(9-8-18-16)15(12(2)23)13-6-4-3-5-7-13/h3-9,15H,10H2,1-2H3,(H,18,19). The van der Waals surface area contributed by atoms with E-state index in [0.717, 1.165) is 5.56 Å². The average molecular weight is 339 g/mol. The Bertz CT molecular complexity index is 933. The van der Waals surface area contributed by atoms with Gasteiger partial charge in [0.1, 0.15) is 17.4 Å². The molecule has 3 aromatic rings. The van der Waals surface area contributed by atoms with Crippen molar-refractivity contribution in [2.75, 3.05) is 5.32 Å². The minimum absolute atomic E-state index is 0.132. The molecule has 2 aromatic heterocycles. The summed E-state index contributed by atoms with van der Waals surface area (Å²) < 4.78 is 6.00. The average Bonchev–Trinajstić information content (AvgIpc) is 3.01. The Labute approximate surface area is 143 Å². The number of anilines is 1. The van der Waals surface area contributed by atoms with Crippen molar-refractivity contribution in [2.24, 2.45) is 0 Å². The Morgan fingerprint density at radius 3 is 2.68 bits per heavy atom. The Morgan fingerprint density at radius 2 is 2.04 bits per heavy atom. The van der Waals surface area contributed by atoms with Crippen LogP contribution in [0.1, 0.15) is 29.9 Å². The molecule has 0 amide bonds. The van der Waals surface area contributed by atoms with Crippen LogP contribution in [-0.2, 0) is 11.3 Å². The van der Waals surface area contributed by atoms with Gasteiger partial charge in [-0.25, -0.2) is 9.61 Å². The number of rotatable bonds is 6. The molecule has 0 aliphatic rings. The molecular weight excluding hydrogens is 322 g/mol. The number of benzene rings is 1. The maximum atomic E-state index is 12.8. The van der Waals surface area contributed by atoms with E-state index in [-0.39, 0.29) is 23.7 Å². The van der Waals surface area contributed by atoms with E-state index in [1.54, 1.807) is 6.92 Å². The number of ketones is 1. The minimum atomic E-state index is -0.701. The molecule has 0 saturated heterocycles. The Hall–Kier alpha value is -3.29. The molecule has 0 aliphatic heterocycles. The van der Waals surface area contributed by atoms with Crippen LogP contribution in [-0.4, -0.2) is 25.6 Å². The lowest BCUT2D eigenvalue weighted by molar-refractivity contribution is -0.119. The van der Waals surface area contributed by atoms with E-state index in [0.29, 0.717) is 11.4 Å². The van der Waals surface area contributed by atoms with Crippen LogP contribution in [0.5, 0.6) is 0 Å². The zero-order chi connectivity index (χ0) is 17.8. The lowest BCUT2D eigenvalue weighted by atomic mass is 10.0. The highest BCUT2D eigenvalue weighted by atomic mass is 16.6. The molecule has 1 N–H and O–H groups in total. The summed E-state index contributed by atoms with van der Waals surface area (Å²) in [6.45, 7) is 3.46. The lowest BCUT2D eigenvalue weighted by Crippen LogP contribution is -2.31. The minimum Gasteiger partial charge on any atom is -0.360 e. The van der Waals surface area contributed by atoms with Gasteiger partial charge < -0.3 is 5.32 Å². The SMILES string of the molecule is CC(=O)C(c1ccccc1)n1ccnc(NCc2nonc2C)c1=O. The molecule has 1 atom stereocenters. The molecule has 0 saturated carbocycles. The number of carbonyl (C=O) groups excluding carboxylic acids is 1. The number of aromatic nitrogens is 4. The van der Waals surface area contributed by atoms with Crippen molar-refractivity contribution in [1.29, 1.82) is 0 Å². The van der Waals surface area contributed by atoms with E-state index in [1.807, 2.05) is 30.3 Å². The van der Waals surface area contributed by atoms with E-state index >= 15 is 0 Å². The number of aryl methyl sites for hydroxylation is 1. The lowest BCUT2D eigenvalue weighted by Gasteiger charge is -2.18. The number of hydrogen-bond acceptors (Lipinski definition) is 7. The Balaban J connectivity index is 1.93. The van der Waals surface area contributed by atoms with E-state index < -0.39 is 6.04 Å². The van der Waals surface area contributed by atoms with Crippen molar-refractivity contribution in [2.45, 2.75) is 26.4 Å². The first kappa shape index (κ1) is 16.6. The number of carbonyl (C=O) groups is 1. The molecule has 8 nitrogen and oxygen atoms in total. The summed E-state index contributed by atoms with van der Waals surface area (Å²) in [6, 6.07) is 8.45. The van der Waals surface area contributed by atoms with Gasteiger partial charge in [-0.1, -0.05) is 40.6 Å². The maximum absolute atomic E-state index is 12.8. The van der Waals surface area contributed by atoms with E-state index in [1.165, 1.54) is 23.9 Å². The highest BCUT2D eigenvalue weighted by molar-refractivity contribution is 5.83. The first-order valence-electron chi connectivity index (χ1n) is 7.72. The van der Waals surface area contributed by atoms with Gasteiger partial charge in [-0.3, -0.25) is 14.2 Å². The number of nitrogens with one attached hydrogen (secondary N) is 1. The Morgan fingerprint density at radius 1 is 1.28 bits per heavy atom. The summed E-state index contributed by atoms with van der Waals surface area (Å²) in [7, 11) is 0. The molecular formula is C17H17N5O3. The van der Waals surface area contributed by atoms with Gasteiger partial charge in [-0.05, 0) is 19.4 Å². The molecule has 0 aliphatic carbocycles. The smallest absolute Gasteiger partial charge is 0.294 e. The summed E-state index contributed by atoms with van der Waals surface area (Å²) in [6.07, 6.45) is 2.99. The third kappa shape index (κ3) is 3.47. The van der Waals surface area contributed by atoms with Crippen molar-refractivity contribution in [3.05, 3.63) is 70.0 Å². The third-order valence-corrected chi connectivity index (χ3v) is 3.82. The molecule has 128 valence electrons. The van der Waals surface area contributed by atoms with E-state index in [9.17, 15) is 9.59 Å². The van der Waals surface area contributed by atoms with Crippen molar-refractivity contribution in [1.82, 2.24) is 19.9 Å². The van der Waals surface area contributed by atoms with Gasteiger partial charge in [0, 0.05) is 12.4 Å². The van der Waals surface area contributed by atoms with Crippen LogP contribution in [0.25, 0.3) is 0 Å². The molecule has 1 aromatic carbocycles. The van der Waals surface area contributed by atoms with Crippen LogP contribution in [0.3, 0.4) is 0 Å². The summed E-state index contributed by atoms with van der Waals surface area (Å²) in [5, 5.41) is 10.4. The van der Waals surface area contributed by atoms with Crippen molar-refractivity contribution < 1.29 is 9.42 Å². The normalized spacial score (nSPS) is 11.9. The monoisotopic (exact) mass is 339 g/mol. The molecule has 3 rings (SSSR count). The van der Waals surface area contributed by atoms with Gasteiger partial charge >= 0.3 is 0 Å². The van der Waals surface area contributed by atoms with Crippen LogP contribution >= 0.6 is 0 Å². The largest absolute Gasteiger partial charge is 0.360 e. The third-order valence-electron chi connectivity index (χ3n) is 3.82.